The van der Waals surface area contributed by atoms with Gasteiger partial charge in [0, 0.05) is 5.92 Å². The van der Waals surface area contributed by atoms with Crippen molar-refractivity contribution in [3.05, 3.63) is 35.9 Å². The first-order valence-corrected chi connectivity index (χ1v) is 6.42. The Labute approximate surface area is 110 Å². The van der Waals surface area contributed by atoms with E-state index < -0.39 is 9.39 Å². The summed E-state index contributed by atoms with van der Waals surface area (Å²) in [5.41, 5.74) is -0.215. The largest absolute Gasteiger partial charge is 0.385 e. The van der Waals surface area contributed by atoms with Crippen molar-refractivity contribution in [1.82, 2.24) is 0 Å². The summed E-state index contributed by atoms with van der Waals surface area (Å²) in [5.74, 6) is -0.0961. The van der Waals surface area contributed by atoms with E-state index in [2.05, 4.69) is 0 Å². The van der Waals surface area contributed by atoms with Crippen LogP contribution in [0.3, 0.4) is 0 Å². The summed E-state index contributed by atoms with van der Waals surface area (Å²) in [6, 6.07) is 9.75. The van der Waals surface area contributed by atoms with E-state index in [1.165, 1.54) is 0 Å². The third-order valence-corrected chi connectivity index (χ3v) is 4.30. The number of hydrogen-bond acceptors (Lipinski definition) is 1. The summed E-state index contributed by atoms with van der Waals surface area (Å²) in [5, 5.41) is 10.5. The lowest BCUT2D eigenvalue weighted by atomic mass is 9.86. The molecule has 1 aromatic carbocycles. The normalized spacial score (nSPS) is 30.6. The Kier molecular flexibility index (Phi) is 3.42. The topological polar surface area (TPSA) is 20.2 Å². The minimum Gasteiger partial charge on any atom is -0.385 e. The molecule has 0 aliphatic heterocycles. The molecular weight excluding hydrogens is 266 g/mol. The molecule has 0 radical (unpaired) electrons. The van der Waals surface area contributed by atoms with Gasteiger partial charge in [-0.3, -0.25) is 0 Å². The Morgan fingerprint density at radius 3 is 2.38 bits per heavy atom. The number of hydrogen-bond donors (Lipinski definition) is 1. The molecule has 1 aliphatic carbocycles. The van der Waals surface area contributed by atoms with Crippen molar-refractivity contribution in [2.24, 2.45) is 0 Å². The highest BCUT2D eigenvalue weighted by Gasteiger charge is 2.55. The smallest absolute Gasteiger partial charge is 0.219 e. The molecule has 0 bridgehead atoms. The Morgan fingerprint density at radius 2 is 1.81 bits per heavy atom. The van der Waals surface area contributed by atoms with Crippen molar-refractivity contribution in [3.8, 4) is 0 Å². The summed E-state index contributed by atoms with van der Waals surface area (Å²) >= 11 is 17.7. The summed E-state index contributed by atoms with van der Waals surface area (Å²) in [6.45, 7) is 0. The molecule has 0 aromatic heterocycles. The average molecular weight is 280 g/mol. The second-order valence-corrected chi connectivity index (χ2v) is 6.56. The van der Waals surface area contributed by atoms with Gasteiger partial charge in [0.05, 0.1) is 0 Å². The van der Waals surface area contributed by atoms with Gasteiger partial charge in [0.2, 0.25) is 3.79 Å². The lowest BCUT2D eigenvalue weighted by Crippen LogP contribution is -2.44. The number of aliphatic hydroxyl groups is 1. The Hall–Kier alpha value is 0.0500. The molecule has 0 unspecified atom stereocenters. The number of alkyl halides is 3. The van der Waals surface area contributed by atoms with E-state index in [4.69, 9.17) is 34.8 Å². The molecule has 88 valence electrons. The van der Waals surface area contributed by atoms with Gasteiger partial charge in [-0.15, -0.1) is 0 Å². The van der Waals surface area contributed by atoms with Crippen LogP contribution in [0.25, 0.3) is 0 Å². The third-order valence-electron chi connectivity index (χ3n) is 3.32. The van der Waals surface area contributed by atoms with E-state index >= 15 is 0 Å². The van der Waals surface area contributed by atoms with Crippen molar-refractivity contribution in [1.29, 1.82) is 0 Å². The second kappa shape index (κ2) is 4.38. The van der Waals surface area contributed by atoms with Crippen molar-refractivity contribution < 1.29 is 5.11 Å². The Morgan fingerprint density at radius 1 is 1.19 bits per heavy atom. The molecule has 1 saturated carbocycles. The molecule has 4 heteroatoms. The first-order chi connectivity index (χ1) is 7.45. The number of benzene rings is 1. The van der Waals surface area contributed by atoms with Crippen molar-refractivity contribution >= 4 is 34.8 Å². The Balaban J connectivity index is 2.35. The predicted molar refractivity (Wildman–Crippen MR) is 68.3 cm³/mol. The maximum atomic E-state index is 10.5. The standard InChI is InChI=1S/C12H13Cl3O/c13-12(14,15)11(16)8-4-7-10(11)9-5-2-1-3-6-9/h1-3,5-6,10,16H,4,7-8H2/t10-,11+/m1/s1. The zero-order chi connectivity index (χ0) is 11.8. The van der Waals surface area contributed by atoms with E-state index in [1.807, 2.05) is 30.3 Å². The second-order valence-electron chi connectivity index (χ2n) is 4.28. The molecule has 16 heavy (non-hydrogen) atoms. The van der Waals surface area contributed by atoms with Gasteiger partial charge in [-0.05, 0) is 24.8 Å². The molecule has 2 atom stereocenters. The van der Waals surface area contributed by atoms with E-state index in [0.717, 1.165) is 18.4 Å². The molecule has 2 rings (SSSR count). The minimum atomic E-state index is -1.63. The lowest BCUT2D eigenvalue weighted by molar-refractivity contribution is 0.0337. The number of rotatable bonds is 1. The Bertz CT molecular complexity index is 360. The highest BCUT2D eigenvalue weighted by atomic mass is 35.6. The fraction of sp³-hybridized carbons (Fsp3) is 0.500. The van der Waals surface area contributed by atoms with Crippen LogP contribution in [0.5, 0.6) is 0 Å². The summed E-state index contributed by atoms with van der Waals surface area (Å²) in [4.78, 5) is 0. The van der Waals surface area contributed by atoms with Crippen molar-refractivity contribution in [2.45, 2.75) is 34.6 Å². The van der Waals surface area contributed by atoms with Crippen molar-refractivity contribution in [2.75, 3.05) is 0 Å². The van der Waals surface area contributed by atoms with Gasteiger partial charge in [-0.1, -0.05) is 65.1 Å². The fourth-order valence-electron chi connectivity index (χ4n) is 2.46. The van der Waals surface area contributed by atoms with Crippen LogP contribution in [0.15, 0.2) is 30.3 Å². The molecule has 1 fully saturated rings. The van der Waals surface area contributed by atoms with E-state index in [0.29, 0.717) is 6.42 Å². The summed E-state index contributed by atoms with van der Waals surface area (Å²) in [7, 11) is 0. The van der Waals surface area contributed by atoms with E-state index in [-0.39, 0.29) is 5.92 Å². The predicted octanol–water partition coefficient (Wildman–Crippen LogP) is 4.06. The molecule has 1 nitrogen and oxygen atoms in total. The zero-order valence-electron chi connectivity index (χ0n) is 8.67. The van der Waals surface area contributed by atoms with Gasteiger partial charge in [0.25, 0.3) is 0 Å². The van der Waals surface area contributed by atoms with Crippen LogP contribution >= 0.6 is 34.8 Å². The molecule has 1 aromatic rings. The first kappa shape index (κ1) is 12.5. The van der Waals surface area contributed by atoms with Gasteiger partial charge < -0.3 is 5.11 Å². The van der Waals surface area contributed by atoms with Crippen LogP contribution in [0.1, 0.15) is 30.7 Å². The van der Waals surface area contributed by atoms with E-state index in [1.54, 1.807) is 0 Å². The lowest BCUT2D eigenvalue weighted by Gasteiger charge is -2.36. The maximum absolute atomic E-state index is 10.5. The van der Waals surface area contributed by atoms with Gasteiger partial charge in [-0.2, -0.15) is 0 Å². The monoisotopic (exact) mass is 278 g/mol. The molecule has 0 amide bonds. The third kappa shape index (κ3) is 2.06. The zero-order valence-corrected chi connectivity index (χ0v) is 10.9. The van der Waals surface area contributed by atoms with Crippen LogP contribution < -0.4 is 0 Å². The minimum absolute atomic E-state index is 0.0961. The van der Waals surface area contributed by atoms with Crippen LogP contribution in [0, 0.1) is 0 Å². The van der Waals surface area contributed by atoms with Gasteiger partial charge in [-0.25, -0.2) is 0 Å². The highest BCUT2D eigenvalue weighted by molar-refractivity contribution is 6.68. The fourth-order valence-corrected chi connectivity index (χ4v) is 3.13. The molecule has 0 heterocycles. The van der Waals surface area contributed by atoms with Crippen molar-refractivity contribution in [3.63, 3.8) is 0 Å². The maximum Gasteiger partial charge on any atom is 0.219 e. The summed E-state index contributed by atoms with van der Waals surface area (Å²) in [6.07, 6.45) is 2.27. The quantitative estimate of drug-likeness (QED) is 0.769. The van der Waals surface area contributed by atoms with Gasteiger partial charge in [0.1, 0.15) is 5.60 Å². The molecule has 1 N–H and O–H groups in total. The van der Waals surface area contributed by atoms with Crippen LogP contribution in [0.2, 0.25) is 0 Å². The SMILES string of the molecule is O[C@@]1(C(Cl)(Cl)Cl)CCC[C@@H]1c1ccccc1. The highest BCUT2D eigenvalue weighted by Crippen LogP contribution is 2.54. The molecule has 0 saturated heterocycles. The van der Waals surface area contributed by atoms with Gasteiger partial charge in [0.15, 0.2) is 0 Å². The first-order valence-electron chi connectivity index (χ1n) is 5.29. The van der Waals surface area contributed by atoms with Gasteiger partial charge >= 0.3 is 0 Å². The van der Waals surface area contributed by atoms with E-state index in [9.17, 15) is 5.11 Å². The van der Waals surface area contributed by atoms with Crippen LogP contribution in [-0.4, -0.2) is 14.5 Å². The number of halogens is 3. The average Bonchev–Trinajstić information content (AvgIpc) is 2.62. The summed E-state index contributed by atoms with van der Waals surface area (Å²) < 4.78 is -1.63. The van der Waals surface area contributed by atoms with Crippen LogP contribution in [0.4, 0.5) is 0 Å². The molecule has 1 aliphatic rings. The molecule has 0 spiro atoms. The molecular formula is C12H13Cl3O. The van der Waals surface area contributed by atoms with Crippen LogP contribution in [-0.2, 0) is 0 Å².